The van der Waals surface area contributed by atoms with Crippen LogP contribution in [-0.2, 0) is 19.0 Å². The Morgan fingerprint density at radius 2 is 1.89 bits per heavy atom. The highest BCUT2D eigenvalue weighted by Crippen LogP contribution is 2.23. The molecule has 6 nitrogen and oxygen atoms in total. The third-order valence-electron chi connectivity index (χ3n) is 2.66. The van der Waals surface area contributed by atoms with Crippen molar-refractivity contribution in [3.8, 4) is 0 Å². The first-order valence-corrected chi connectivity index (χ1v) is 6.65. The molecule has 1 heterocycles. The highest BCUT2D eigenvalue weighted by Gasteiger charge is 2.43. The molecule has 0 unspecified atom stereocenters. The average Bonchev–Trinajstić information content (AvgIpc) is 2.27. The van der Waals surface area contributed by atoms with Gasteiger partial charge in [0.15, 0.2) is 6.07 Å². The van der Waals surface area contributed by atoms with E-state index in [9.17, 15) is 9.59 Å². The van der Waals surface area contributed by atoms with Gasteiger partial charge in [0.2, 0.25) is 0 Å². The largest absolute Gasteiger partial charge is 0.448 e. The van der Waals surface area contributed by atoms with Crippen molar-refractivity contribution < 1.29 is 23.8 Å². The highest BCUT2D eigenvalue weighted by atomic mass is 35.5. The van der Waals surface area contributed by atoms with Crippen LogP contribution >= 0.6 is 11.6 Å². The minimum atomic E-state index is -1.12. The van der Waals surface area contributed by atoms with Gasteiger partial charge in [0.25, 0.3) is 0 Å². The number of carbonyl (C=O) groups is 2. The van der Waals surface area contributed by atoms with Gasteiger partial charge in [0.1, 0.15) is 11.1 Å². The lowest BCUT2D eigenvalue weighted by atomic mass is 9.90. The van der Waals surface area contributed by atoms with Gasteiger partial charge in [0.05, 0.1) is 0 Å². The molecule has 1 saturated heterocycles. The number of rotatable bonds is 3. The number of hydrogen-bond donors (Lipinski definition) is 1. The Hall–Kier alpha value is -1.01. The molecule has 0 spiro atoms. The number of alkyl carbamates (subject to hydrolysis) is 1. The maximum absolute atomic E-state index is 12.0. The Morgan fingerprint density at radius 1 is 1.32 bits per heavy atom. The molecule has 19 heavy (non-hydrogen) atoms. The molecule has 0 aromatic rings. The van der Waals surface area contributed by atoms with E-state index in [1.165, 1.54) is 0 Å². The fourth-order valence-corrected chi connectivity index (χ4v) is 1.89. The van der Waals surface area contributed by atoms with Crippen molar-refractivity contribution in [1.29, 1.82) is 0 Å². The summed E-state index contributed by atoms with van der Waals surface area (Å²) in [4.78, 5) is 23.8. The van der Waals surface area contributed by atoms with Gasteiger partial charge in [-0.15, -0.1) is 0 Å². The number of alkyl halides is 1. The van der Waals surface area contributed by atoms with Crippen LogP contribution in [0, 0.1) is 0 Å². The summed E-state index contributed by atoms with van der Waals surface area (Å²) in [5, 5.41) is 2.60. The van der Waals surface area contributed by atoms with E-state index in [1.807, 2.05) is 0 Å². The molecule has 1 N–H and O–H groups in total. The standard InChI is InChI=1S/C12H20ClNO5/c1-11(2,3)19-10(16)14-12(9(15)18-8-13)4-6-17-7-5-12/h4-8H2,1-3H3,(H,14,16). The van der Waals surface area contributed by atoms with Crippen molar-refractivity contribution in [3.63, 3.8) is 0 Å². The van der Waals surface area contributed by atoms with Crippen molar-refractivity contribution in [3.05, 3.63) is 0 Å². The lowest BCUT2D eigenvalue weighted by Gasteiger charge is -2.35. The van der Waals surface area contributed by atoms with Crippen LogP contribution in [0.15, 0.2) is 0 Å². The van der Waals surface area contributed by atoms with E-state index in [4.69, 9.17) is 25.8 Å². The maximum Gasteiger partial charge on any atom is 0.408 e. The Bertz CT molecular complexity index is 334. The van der Waals surface area contributed by atoms with Crippen molar-refractivity contribution >= 4 is 23.7 Å². The number of carbonyl (C=O) groups excluding carboxylic acids is 2. The lowest BCUT2D eigenvalue weighted by molar-refractivity contribution is -0.153. The molecule has 1 aliphatic rings. The summed E-state index contributed by atoms with van der Waals surface area (Å²) in [6.45, 7) is 5.99. The van der Waals surface area contributed by atoms with Crippen LogP contribution in [0.4, 0.5) is 4.79 Å². The van der Waals surface area contributed by atoms with E-state index in [2.05, 4.69) is 5.32 Å². The molecule has 1 amide bonds. The van der Waals surface area contributed by atoms with E-state index < -0.39 is 23.2 Å². The van der Waals surface area contributed by atoms with Gasteiger partial charge in [-0.2, -0.15) is 0 Å². The predicted molar refractivity (Wildman–Crippen MR) is 69.0 cm³/mol. The van der Waals surface area contributed by atoms with Crippen LogP contribution in [0.1, 0.15) is 33.6 Å². The van der Waals surface area contributed by atoms with Crippen LogP contribution in [0.2, 0.25) is 0 Å². The molecule has 0 saturated carbocycles. The van der Waals surface area contributed by atoms with E-state index in [0.717, 1.165) is 0 Å². The SMILES string of the molecule is CC(C)(C)OC(=O)NC1(C(=O)OCCl)CCOCC1. The normalized spacial score (nSPS) is 18.5. The first-order valence-electron chi connectivity index (χ1n) is 6.11. The summed E-state index contributed by atoms with van der Waals surface area (Å²) in [7, 11) is 0. The molecule has 0 aromatic heterocycles. The third kappa shape index (κ3) is 4.87. The van der Waals surface area contributed by atoms with Gasteiger partial charge in [-0.1, -0.05) is 11.6 Å². The Labute approximate surface area is 117 Å². The number of halogens is 1. The Morgan fingerprint density at radius 3 is 2.37 bits per heavy atom. The van der Waals surface area contributed by atoms with Gasteiger partial charge < -0.3 is 19.5 Å². The summed E-state index contributed by atoms with van der Waals surface area (Å²) in [5.74, 6) is -0.559. The number of nitrogens with one attached hydrogen (secondary N) is 1. The maximum atomic E-state index is 12.0. The summed E-state index contributed by atoms with van der Waals surface area (Å²) < 4.78 is 15.2. The molecule has 0 radical (unpaired) electrons. The first-order chi connectivity index (χ1) is 8.79. The smallest absolute Gasteiger partial charge is 0.408 e. The van der Waals surface area contributed by atoms with Gasteiger partial charge in [0, 0.05) is 26.1 Å². The molecule has 0 aromatic carbocycles. The van der Waals surface area contributed by atoms with Crippen LogP contribution in [0.25, 0.3) is 0 Å². The average molecular weight is 294 g/mol. The minimum absolute atomic E-state index is 0.253. The predicted octanol–water partition coefficient (Wildman–Crippen LogP) is 1.80. The van der Waals surface area contributed by atoms with Crippen LogP contribution in [0.5, 0.6) is 0 Å². The molecule has 1 aliphatic heterocycles. The first kappa shape index (κ1) is 16.0. The zero-order chi connectivity index (χ0) is 14.5. The van der Waals surface area contributed by atoms with Gasteiger partial charge >= 0.3 is 12.1 Å². The lowest BCUT2D eigenvalue weighted by Crippen LogP contribution is -2.58. The van der Waals surface area contributed by atoms with Gasteiger partial charge in [-0.3, -0.25) is 0 Å². The molecule has 7 heteroatoms. The van der Waals surface area contributed by atoms with Crippen LogP contribution in [0.3, 0.4) is 0 Å². The van der Waals surface area contributed by atoms with E-state index in [0.29, 0.717) is 26.1 Å². The molecule has 1 fully saturated rings. The molecule has 0 aliphatic carbocycles. The van der Waals surface area contributed by atoms with Crippen LogP contribution < -0.4 is 5.32 Å². The molecule has 0 bridgehead atoms. The second-order valence-electron chi connectivity index (χ2n) is 5.36. The summed E-state index contributed by atoms with van der Waals surface area (Å²) in [6.07, 6.45) is 0.0186. The second-order valence-corrected chi connectivity index (χ2v) is 5.58. The molecular weight excluding hydrogens is 274 g/mol. The summed E-state index contributed by atoms with van der Waals surface area (Å²) >= 11 is 5.40. The molecule has 0 atom stereocenters. The number of ether oxygens (including phenoxy) is 3. The fraction of sp³-hybridized carbons (Fsp3) is 0.833. The van der Waals surface area contributed by atoms with Crippen molar-refractivity contribution in [2.24, 2.45) is 0 Å². The number of amides is 1. The molecular formula is C12H20ClNO5. The monoisotopic (exact) mass is 293 g/mol. The van der Waals surface area contributed by atoms with Gasteiger partial charge in [-0.05, 0) is 20.8 Å². The van der Waals surface area contributed by atoms with Crippen molar-refractivity contribution in [2.75, 3.05) is 19.3 Å². The number of hydrogen-bond acceptors (Lipinski definition) is 5. The van der Waals surface area contributed by atoms with E-state index in [1.54, 1.807) is 20.8 Å². The van der Waals surface area contributed by atoms with E-state index >= 15 is 0 Å². The summed E-state index contributed by atoms with van der Waals surface area (Å²) in [5.41, 5.74) is -1.75. The quantitative estimate of drug-likeness (QED) is 0.634. The highest BCUT2D eigenvalue weighted by molar-refractivity contribution is 6.17. The molecule has 1 rings (SSSR count). The fourth-order valence-electron chi connectivity index (χ4n) is 1.79. The second kappa shape index (κ2) is 6.43. The zero-order valence-corrected chi connectivity index (χ0v) is 12.2. The van der Waals surface area contributed by atoms with Gasteiger partial charge in [-0.25, -0.2) is 9.59 Å². The van der Waals surface area contributed by atoms with E-state index in [-0.39, 0.29) is 6.07 Å². The minimum Gasteiger partial charge on any atom is -0.448 e. The molecule has 110 valence electrons. The number of esters is 1. The summed E-state index contributed by atoms with van der Waals surface area (Å²) in [6, 6.07) is -0.253. The topological polar surface area (TPSA) is 73.9 Å². The third-order valence-corrected chi connectivity index (χ3v) is 2.77. The van der Waals surface area contributed by atoms with Crippen LogP contribution in [-0.4, -0.2) is 42.5 Å². The zero-order valence-electron chi connectivity index (χ0n) is 11.5. The Balaban J connectivity index is 2.74. The van der Waals surface area contributed by atoms with Crippen molar-refractivity contribution in [1.82, 2.24) is 5.32 Å². The van der Waals surface area contributed by atoms with Crippen molar-refractivity contribution in [2.45, 2.75) is 44.8 Å². The Kier molecular flexibility index (Phi) is 5.43.